The summed E-state index contributed by atoms with van der Waals surface area (Å²) in [6.07, 6.45) is -8.00. The lowest BCUT2D eigenvalue weighted by molar-refractivity contribution is -0.144. The number of benzene rings is 1. The minimum absolute atomic E-state index is 0.0133. The normalized spacial score (nSPS) is 14.8. The predicted octanol–water partition coefficient (Wildman–Crippen LogP) is 6.61. The first-order chi connectivity index (χ1) is 22.7. The molecule has 1 aliphatic heterocycles. The molecular weight excluding hydrogens is 673 g/mol. The number of rotatable bonds is 9. The second kappa shape index (κ2) is 12.9. The highest BCUT2D eigenvalue weighted by molar-refractivity contribution is 6.30. The van der Waals surface area contributed by atoms with Crippen molar-refractivity contribution in [1.29, 1.82) is 0 Å². The van der Waals surface area contributed by atoms with Gasteiger partial charge in [0.15, 0.2) is 5.82 Å². The third-order valence-electron chi connectivity index (χ3n) is 7.82. The van der Waals surface area contributed by atoms with Gasteiger partial charge in [-0.15, -0.1) is 0 Å². The fourth-order valence-corrected chi connectivity index (χ4v) is 5.44. The number of alkyl halides is 6. The van der Waals surface area contributed by atoms with E-state index in [1.54, 1.807) is 7.11 Å². The van der Waals surface area contributed by atoms with Gasteiger partial charge in [-0.2, -0.15) is 31.4 Å². The molecule has 1 aromatic carbocycles. The van der Waals surface area contributed by atoms with Gasteiger partial charge in [-0.25, -0.2) is 19.3 Å². The summed E-state index contributed by atoms with van der Waals surface area (Å²) < 4.78 is 108. The van der Waals surface area contributed by atoms with E-state index >= 15 is 0 Å². The Balaban J connectivity index is 1.28. The molecule has 1 atom stereocenters. The monoisotopic (exact) mass is 698 g/mol. The average Bonchev–Trinajstić information content (AvgIpc) is 3.65. The molecule has 0 spiro atoms. The van der Waals surface area contributed by atoms with Gasteiger partial charge in [-0.05, 0) is 43.2 Å². The Morgan fingerprint density at radius 3 is 2.52 bits per heavy atom. The topological polar surface area (TPSA) is 107 Å². The van der Waals surface area contributed by atoms with Crippen molar-refractivity contribution < 1.29 is 40.2 Å². The van der Waals surface area contributed by atoms with Crippen LogP contribution in [-0.2, 0) is 49.8 Å². The van der Waals surface area contributed by atoms with E-state index < -0.39 is 42.0 Å². The molecule has 4 aromatic heterocycles. The maximum atomic E-state index is 14.3. The first-order valence-electron chi connectivity index (χ1n) is 14.5. The molecule has 0 radical (unpaired) electrons. The Bertz CT molecular complexity index is 1960. The van der Waals surface area contributed by atoms with Gasteiger partial charge in [0.25, 0.3) is 0 Å². The lowest BCUT2D eigenvalue weighted by Gasteiger charge is -2.29. The molecular formula is C30H26ClF7N8O2. The Morgan fingerprint density at radius 2 is 1.83 bits per heavy atom. The SMILES string of the molecule is CO[C@H](C)Cn1c(CN2CCc3cc(C(F)(F)F)c(OCc4ccc(Cl)cc4F)nc3C2)nc2cc(-c3n[nH]c(C(F)(F)F)n3)ncc21. The maximum absolute atomic E-state index is 14.3. The first-order valence-corrected chi connectivity index (χ1v) is 14.8. The minimum atomic E-state index is -4.76. The lowest BCUT2D eigenvalue weighted by atomic mass is 10.0. The summed E-state index contributed by atoms with van der Waals surface area (Å²) in [5.74, 6) is -2.34. The van der Waals surface area contributed by atoms with Crippen LogP contribution in [0.2, 0.25) is 5.02 Å². The minimum Gasteiger partial charge on any atom is -0.472 e. The highest BCUT2D eigenvalue weighted by Gasteiger charge is 2.38. The van der Waals surface area contributed by atoms with E-state index in [9.17, 15) is 30.7 Å². The van der Waals surface area contributed by atoms with Crippen LogP contribution in [0.5, 0.6) is 5.88 Å². The van der Waals surface area contributed by atoms with Crippen molar-refractivity contribution in [3.8, 4) is 17.4 Å². The van der Waals surface area contributed by atoms with Crippen molar-refractivity contribution in [3.05, 3.63) is 81.4 Å². The van der Waals surface area contributed by atoms with Crippen LogP contribution in [0.25, 0.3) is 22.6 Å². The molecule has 0 aliphatic carbocycles. The molecule has 254 valence electrons. The van der Waals surface area contributed by atoms with Gasteiger partial charge in [-0.3, -0.25) is 15.0 Å². The van der Waals surface area contributed by atoms with E-state index in [2.05, 4.69) is 20.1 Å². The van der Waals surface area contributed by atoms with E-state index in [-0.39, 0.29) is 47.7 Å². The average molecular weight is 699 g/mol. The Kier molecular flexibility index (Phi) is 9.04. The number of hydrogen-bond donors (Lipinski definition) is 1. The van der Waals surface area contributed by atoms with Crippen molar-refractivity contribution >= 4 is 22.6 Å². The molecule has 5 heterocycles. The van der Waals surface area contributed by atoms with Crippen molar-refractivity contribution in [2.45, 2.75) is 58.0 Å². The second-order valence-electron chi connectivity index (χ2n) is 11.2. The number of aromatic amines is 1. The quantitative estimate of drug-likeness (QED) is 0.172. The van der Waals surface area contributed by atoms with Crippen molar-refractivity contribution in [2.24, 2.45) is 0 Å². The van der Waals surface area contributed by atoms with Crippen molar-refractivity contribution in [1.82, 2.24) is 39.6 Å². The van der Waals surface area contributed by atoms with Crippen LogP contribution in [0.15, 0.2) is 36.5 Å². The number of aromatic nitrogens is 7. The van der Waals surface area contributed by atoms with Crippen LogP contribution in [-0.4, -0.2) is 59.4 Å². The zero-order valence-electron chi connectivity index (χ0n) is 25.3. The number of H-pyrrole nitrogens is 1. The molecule has 6 rings (SSSR count). The largest absolute Gasteiger partial charge is 0.472 e. The molecule has 0 saturated carbocycles. The van der Waals surface area contributed by atoms with Gasteiger partial charge in [-0.1, -0.05) is 17.7 Å². The summed E-state index contributed by atoms with van der Waals surface area (Å²) in [5.41, 5.74) is 0.807. The molecule has 0 fully saturated rings. The summed E-state index contributed by atoms with van der Waals surface area (Å²) in [6, 6.07) is 6.27. The number of imidazole rings is 1. The molecule has 0 amide bonds. The molecule has 18 heteroatoms. The second-order valence-corrected chi connectivity index (χ2v) is 11.6. The molecule has 10 nitrogen and oxygen atoms in total. The summed E-state index contributed by atoms with van der Waals surface area (Å²) in [4.78, 5) is 18.7. The van der Waals surface area contributed by atoms with Gasteiger partial charge in [0, 0.05) is 30.8 Å². The molecule has 0 bridgehead atoms. The Hall–Kier alpha value is -4.35. The standard InChI is InChI=1S/C30H26ClF7N8O2/c1-15(47-2)11-46-24-10-39-22(26-42-28(44-43-26)30(36,37)38)9-21(24)40-25(46)13-45-6-5-16-7-19(29(33,34)35)27(41-23(16)12-45)48-14-17-3-4-18(31)8-20(17)32/h3-4,7-10,15H,5-6,11-14H2,1-2H3,(H,42,43,44)/t15-/m1/s1. The van der Waals surface area contributed by atoms with Crippen LogP contribution in [0.3, 0.4) is 0 Å². The van der Waals surface area contributed by atoms with E-state index in [1.807, 2.05) is 21.5 Å². The summed E-state index contributed by atoms with van der Waals surface area (Å²) in [5, 5.41) is 5.64. The van der Waals surface area contributed by atoms with Crippen molar-refractivity contribution in [2.75, 3.05) is 13.7 Å². The predicted molar refractivity (Wildman–Crippen MR) is 157 cm³/mol. The zero-order chi connectivity index (χ0) is 34.4. The van der Waals surface area contributed by atoms with Crippen LogP contribution >= 0.6 is 11.6 Å². The van der Waals surface area contributed by atoms with Gasteiger partial charge in [0.2, 0.25) is 11.7 Å². The number of nitrogens with one attached hydrogen (secondary N) is 1. The molecule has 5 aromatic rings. The highest BCUT2D eigenvalue weighted by atomic mass is 35.5. The third kappa shape index (κ3) is 7.07. The molecule has 1 aliphatic rings. The molecule has 0 unspecified atom stereocenters. The molecule has 1 N–H and O–H groups in total. The van der Waals surface area contributed by atoms with E-state index in [0.717, 1.165) is 12.1 Å². The number of pyridine rings is 2. The van der Waals surface area contributed by atoms with E-state index in [1.165, 1.54) is 24.4 Å². The number of hydrogen-bond acceptors (Lipinski definition) is 8. The number of nitrogens with zero attached hydrogens (tertiary/aromatic N) is 7. The van der Waals surface area contributed by atoms with Crippen LogP contribution < -0.4 is 4.74 Å². The highest BCUT2D eigenvalue weighted by Crippen LogP contribution is 2.38. The smallest absolute Gasteiger partial charge is 0.451 e. The Labute approximate surface area is 272 Å². The fraction of sp³-hybridized carbons (Fsp3) is 0.367. The number of ether oxygens (including phenoxy) is 2. The van der Waals surface area contributed by atoms with Crippen LogP contribution in [0, 0.1) is 5.82 Å². The van der Waals surface area contributed by atoms with E-state index in [0.29, 0.717) is 41.2 Å². The molecule has 48 heavy (non-hydrogen) atoms. The number of fused-ring (bicyclic) bond motifs is 2. The van der Waals surface area contributed by atoms with Gasteiger partial charge < -0.3 is 14.0 Å². The van der Waals surface area contributed by atoms with Crippen molar-refractivity contribution in [3.63, 3.8) is 0 Å². The van der Waals surface area contributed by atoms with Gasteiger partial charge in [0.05, 0.1) is 42.1 Å². The summed E-state index contributed by atoms with van der Waals surface area (Å²) in [7, 11) is 1.55. The van der Waals surface area contributed by atoms with Crippen LogP contribution in [0.1, 0.15) is 41.0 Å². The van der Waals surface area contributed by atoms with Gasteiger partial charge in [0.1, 0.15) is 29.5 Å². The van der Waals surface area contributed by atoms with Crippen LogP contribution in [0.4, 0.5) is 30.7 Å². The summed E-state index contributed by atoms with van der Waals surface area (Å²) >= 11 is 5.78. The maximum Gasteiger partial charge on any atom is 0.451 e. The summed E-state index contributed by atoms with van der Waals surface area (Å²) in [6.45, 7) is 2.49. The van der Waals surface area contributed by atoms with E-state index in [4.69, 9.17) is 26.1 Å². The fourth-order valence-electron chi connectivity index (χ4n) is 5.28. The first kappa shape index (κ1) is 33.5. The number of halogens is 8. The van der Waals surface area contributed by atoms with Gasteiger partial charge >= 0.3 is 12.4 Å². The zero-order valence-corrected chi connectivity index (χ0v) is 26.0. The lowest BCUT2D eigenvalue weighted by Crippen LogP contribution is -2.33. The number of methoxy groups -OCH3 is 1. The Morgan fingerprint density at radius 1 is 1.04 bits per heavy atom. The third-order valence-corrected chi connectivity index (χ3v) is 8.05. The molecule has 0 saturated heterocycles.